The molecule has 3 N–H and O–H groups in total. The van der Waals surface area contributed by atoms with Crippen molar-refractivity contribution < 1.29 is 4.74 Å². The number of ether oxygens (including phenoxy) is 1. The van der Waals surface area contributed by atoms with Gasteiger partial charge in [0, 0.05) is 25.1 Å². The minimum absolute atomic E-state index is 0.417. The van der Waals surface area contributed by atoms with E-state index in [-0.39, 0.29) is 0 Å². The molecule has 0 aliphatic carbocycles. The molecule has 0 saturated carbocycles. The molecule has 0 rings (SSSR count). The van der Waals surface area contributed by atoms with Crippen LogP contribution in [0.1, 0.15) is 0 Å². The maximum atomic E-state index is 6.71. The Balaban J connectivity index is 3.54. The molecular formula is C5H10N2O. The Morgan fingerprint density at radius 2 is 2.50 bits per heavy atom. The predicted octanol–water partition coefficient (Wildman–Crippen LogP) is 0.125. The van der Waals surface area contributed by atoms with E-state index in [9.17, 15) is 0 Å². The summed E-state index contributed by atoms with van der Waals surface area (Å²) in [7, 11) is 1.56. The summed E-state index contributed by atoms with van der Waals surface area (Å²) in [5, 5.41) is 6.71. The van der Waals surface area contributed by atoms with Crippen LogP contribution in [0.2, 0.25) is 0 Å². The molecule has 3 nitrogen and oxygen atoms in total. The first-order valence-electron chi connectivity index (χ1n) is 2.25. The summed E-state index contributed by atoms with van der Waals surface area (Å²) in [6, 6.07) is 0. The van der Waals surface area contributed by atoms with Crippen molar-refractivity contribution in [2.75, 3.05) is 13.7 Å². The number of methoxy groups -OCH3 is 1. The molecule has 0 aromatic heterocycles. The summed E-state index contributed by atoms with van der Waals surface area (Å²) in [6.45, 7) is 0.417. The van der Waals surface area contributed by atoms with Crippen LogP contribution in [0, 0.1) is 5.41 Å². The van der Waals surface area contributed by atoms with Gasteiger partial charge in [0.25, 0.3) is 0 Å². The molecule has 0 aliphatic rings. The van der Waals surface area contributed by atoms with E-state index in [1.54, 1.807) is 7.11 Å². The third-order valence-corrected chi connectivity index (χ3v) is 0.710. The van der Waals surface area contributed by atoms with Crippen molar-refractivity contribution in [2.45, 2.75) is 0 Å². The van der Waals surface area contributed by atoms with Gasteiger partial charge in [0.2, 0.25) is 0 Å². The third kappa shape index (κ3) is 2.36. The first kappa shape index (κ1) is 7.17. The number of hydrogen-bond donors (Lipinski definition) is 2. The quantitative estimate of drug-likeness (QED) is 0.512. The van der Waals surface area contributed by atoms with Gasteiger partial charge in [-0.1, -0.05) is 0 Å². The molecule has 8 heavy (non-hydrogen) atoms. The molecule has 0 saturated heterocycles. The topological polar surface area (TPSA) is 59.1 Å². The molecule has 0 aromatic rings. The smallest absolute Gasteiger partial charge is 0.0741 e. The normalized spacial score (nSPS) is 11.4. The van der Waals surface area contributed by atoms with Crippen molar-refractivity contribution in [3.8, 4) is 0 Å². The van der Waals surface area contributed by atoms with Crippen LogP contribution < -0.4 is 5.73 Å². The van der Waals surface area contributed by atoms with E-state index in [0.29, 0.717) is 12.2 Å². The summed E-state index contributed by atoms with van der Waals surface area (Å²) in [5.74, 6) is 0. The fourth-order valence-electron chi connectivity index (χ4n) is 0.305. The van der Waals surface area contributed by atoms with Crippen molar-refractivity contribution in [1.82, 2.24) is 0 Å². The van der Waals surface area contributed by atoms with Gasteiger partial charge < -0.3 is 15.9 Å². The second-order valence-corrected chi connectivity index (χ2v) is 1.32. The minimum atomic E-state index is 0.417. The van der Waals surface area contributed by atoms with Gasteiger partial charge in [-0.3, -0.25) is 0 Å². The van der Waals surface area contributed by atoms with Crippen LogP contribution in [0.15, 0.2) is 11.8 Å². The van der Waals surface area contributed by atoms with E-state index in [4.69, 9.17) is 11.1 Å². The lowest BCUT2D eigenvalue weighted by atomic mass is 10.3. The molecule has 0 aromatic carbocycles. The Labute approximate surface area is 48.6 Å². The molecule has 3 heteroatoms. The van der Waals surface area contributed by atoms with Crippen LogP contribution in [0.3, 0.4) is 0 Å². The molecular weight excluding hydrogens is 104 g/mol. The Morgan fingerprint density at radius 3 is 2.62 bits per heavy atom. The van der Waals surface area contributed by atoms with Crippen LogP contribution in [-0.2, 0) is 4.74 Å². The second kappa shape index (κ2) is 4.33. The Bertz CT molecular complexity index is 98.6. The molecule has 0 spiro atoms. The van der Waals surface area contributed by atoms with Crippen LogP contribution in [0.4, 0.5) is 0 Å². The van der Waals surface area contributed by atoms with Gasteiger partial charge in [-0.2, -0.15) is 0 Å². The average molecular weight is 114 g/mol. The average Bonchev–Trinajstić information content (AvgIpc) is 1.83. The number of rotatable bonds is 3. The molecule has 46 valence electrons. The SMILES string of the molecule is COC/C(C=N)=C/N. The van der Waals surface area contributed by atoms with Crippen LogP contribution in [-0.4, -0.2) is 19.9 Å². The summed E-state index contributed by atoms with van der Waals surface area (Å²) in [5.41, 5.74) is 5.76. The van der Waals surface area contributed by atoms with Crippen molar-refractivity contribution in [1.29, 1.82) is 5.41 Å². The van der Waals surface area contributed by atoms with Gasteiger partial charge in [-0.25, -0.2) is 0 Å². The summed E-state index contributed by atoms with van der Waals surface area (Å²) >= 11 is 0. The van der Waals surface area contributed by atoms with Gasteiger partial charge >= 0.3 is 0 Å². The first-order valence-corrected chi connectivity index (χ1v) is 2.25. The number of nitrogens with two attached hydrogens (primary N) is 1. The van der Waals surface area contributed by atoms with E-state index in [1.165, 1.54) is 12.4 Å². The van der Waals surface area contributed by atoms with E-state index >= 15 is 0 Å². The fourth-order valence-corrected chi connectivity index (χ4v) is 0.305. The molecule has 0 unspecified atom stereocenters. The van der Waals surface area contributed by atoms with E-state index in [2.05, 4.69) is 4.74 Å². The monoisotopic (exact) mass is 114 g/mol. The predicted molar refractivity (Wildman–Crippen MR) is 32.9 cm³/mol. The lowest BCUT2D eigenvalue weighted by Crippen LogP contribution is -1.97. The minimum Gasteiger partial charge on any atom is -0.404 e. The summed E-state index contributed by atoms with van der Waals surface area (Å²) in [4.78, 5) is 0. The second-order valence-electron chi connectivity index (χ2n) is 1.32. The lowest BCUT2D eigenvalue weighted by Gasteiger charge is -1.93. The standard InChI is InChI=1S/C5H10N2O/c1-8-4-5(2-6)3-7/h2-3,6H,4,7H2,1H3/b5-3+,6-2?. The Kier molecular flexibility index (Phi) is 3.88. The van der Waals surface area contributed by atoms with Crippen LogP contribution in [0.5, 0.6) is 0 Å². The van der Waals surface area contributed by atoms with E-state index in [1.807, 2.05) is 0 Å². The molecule has 0 aliphatic heterocycles. The van der Waals surface area contributed by atoms with Gasteiger partial charge in [0.15, 0.2) is 0 Å². The molecule has 0 heterocycles. The Morgan fingerprint density at radius 1 is 1.88 bits per heavy atom. The molecule has 0 atom stereocenters. The van der Waals surface area contributed by atoms with Crippen molar-refractivity contribution >= 4 is 6.21 Å². The highest BCUT2D eigenvalue weighted by Crippen LogP contribution is 1.84. The van der Waals surface area contributed by atoms with Gasteiger partial charge in [-0.15, -0.1) is 0 Å². The maximum absolute atomic E-state index is 6.71. The highest BCUT2D eigenvalue weighted by molar-refractivity contribution is 5.75. The number of hydrogen-bond acceptors (Lipinski definition) is 3. The van der Waals surface area contributed by atoms with E-state index < -0.39 is 0 Å². The van der Waals surface area contributed by atoms with Crippen LogP contribution >= 0.6 is 0 Å². The lowest BCUT2D eigenvalue weighted by molar-refractivity contribution is 0.230. The van der Waals surface area contributed by atoms with Gasteiger partial charge in [-0.05, 0) is 0 Å². The highest BCUT2D eigenvalue weighted by atomic mass is 16.5. The fraction of sp³-hybridized carbons (Fsp3) is 0.400. The first-order chi connectivity index (χ1) is 3.85. The van der Waals surface area contributed by atoms with Crippen molar-refractivity contribution in [3.63, 3.8) is 0 Å². The zero-order valence-corrected chi connectivity index (χ0v) is 4.85. The molecule has 0 fully saturated rings. The zero-order chi connectivity index (χ0) is 6.41. The summed E-state index contributed by atoms with van der Waals surface area (Å²) in [6.07, 6.45) is 2.53. The van der Waals surface area contributed by atoms with E-state index in [0.717, 1.165) is 0 Å². The number of nitrogens with one attached hydrogen (secondary N) is 1. The van der Waals surface area contributed by atoms with Gasteiger partial charge in [0.05, 0.1) is 6.61 Å². The van der Waals surface area contributed by atoms with Gasteiger partial charge in [0.1, 0.15) is 0 Å². The maximum Gasteiger partial charge on any atom is 0.0741 e. The molecule has 0 amide bonds. The Hall–Kier alpha value is -0.830. The van der Waals surface area contributed by atoms with Crippen LogP contribution in [0.25, 0.3) is 0 Å². The largest absolute Gasteiger partial charge is 0.404 e. The third-order valence-electron chi connectivity index (χ3n) is 0.710. The van der Waals surface area contributed by atoms with Crippen molar-refractivity contribution in [2.24, 2.45) is 5.73 Å². The molecule has 0 bridgehead atoms. The summed E-state index contributed by atoms with van der Waals surface area (Å²) < 4.78 is 4.69. The zero-order valence-electron chi connectivity index (χ0n) is 4.85. The highest BCUT2D eigenvalue weighted by Gasteiger charge is 1.85. The molecule has 0 radical (unpaired) electrons. The van der Waals surface area contributed by atoms with Crippen molar-refractivity contribution in [3.05, 3.63) is 11.8 Å².